The fraction of sp³-hybridized carbons (Fsp3) is 0. The molecule has 0 aliphatic carbocycles. The van der Waals surface area contributed by atoms with Crippen molar-refractivity contribution in [1.82, 2.24) is 0 Å². The molecular weight excluding hydrogens is 272 g/mol. The standard InChI is InChI=1S/C20H10O2/c1-3-11-9-15-17(21)8-6-14-12(4-2)10-16-18(22)7-5-13(11)19(16)20(14)15/h1-2,5-10,21-22H. The van der Waals surface area contributed by atoms with Crippen LogP contribution < -0.4 is 0 Å². The molecule has 4 rings (SSSR count). The van der Waals surface area contributed by atoms with E-state index in [2.05, 4.69) is 11.8 Å². The highest BCUT2D eigenvalue weighted by molar-refractivity contribution is 6.27. The summed E-state index contributed by atoms with van der Waals surface area (Å²) in [5, 5.41) is 25.1. The van der Waals surface area contributed by atoms with Gasteiger partial charge in [-0.3, -0.25) is 0 Å². The largest absolute Gasteiger partial charge is 0.507 e. The first-order valence-electron chi connectivity index (χ1n) is 6.75. The zero-order valence-corrected chi connectivity index (χ0v) is 11.5. The van der Waals surface area contributed by atoms with E-state index in [-0.39, 0.29) is 11.5 Å². The summed E-state index contributed by atoms with van der Waals surface area (Å²) in [5.41, 5.74) is 1.35. The van der Waals surface area contributed by atoms with Crippen LogP contribution in [0.2, 0.25) is 0 Å². The molecule has 0 aliphatic rings. The maximum atomic E-state index is 10.2. The maximum absolute atomic E-state index is 10.2. The van der Waals surface area contributed by atoms with E-state index in [1.807, 2.05) is 0 Å². The number of phenols is 2. The van der Waals surface area contributed by atoms with Gasteiger partial charge in [0.1, 0.15) is 11.5 Å². The van der Waals surface area contributed by atoms with Crippen molar-refractivity contribution in [2.45, 2.75) is 0 Å². The Kier molecular flexibility index (Phi) is 2.29. The third-order valence-electron chi connectivity index (χ3n) is 4.16. The van der Waals surface area contributed by atoms with E-state index in [0.29, 0.717) is 21.9 Å². The summed E-state index contributed by atoms with van der Waals surface area (Å²) in [5.74, 6) is 5.59. The Bertz CT molecular complexity index is 1060. The van der Waals surface area contributed by atoms with E-state index in [4.69, 9.17) is 12.8 Å². The van der Waals surface area contributed by atoms with Gasteiger partial charge in [-0.1, -0.05) is 11.8 Å². The van der Waals surface area contributed by atoms with Crippen LogP contribution in [0.3, 0.4) is 0 Å². The van der Waals surface area contributed by atoms with Crippen LogP contribution in [-0.4, -0.2) is 10.2 Å². The van der Waals surface area contributed by atoms with Crippen molar-refractivity contribution in [1.29, 1.82) is 0 Å². The number of aromatic hydroxyl groups is 2. The molecule has 2 heteroatoms. The molecule has 2 nitrogen and oxygen atoms in total. The van der Waals surface area contributed by atoms with Crippen molar-refractivity contribution in [2.75, 3.05) is 0 Å². The first kappa shape index (κ1) is 12.4. The van der Waals surface area contributed by atoms with Crippen molar-refractivity contribution in [3.8, 4) is 36.2 Å². The van der Waals surface area contributed by atoms with E-state index < -0.39 is 0 Å². The third-order valence-corrected chi connectivity index (χ3v) is 4.16. The van der Waals surface area contributed by atoms with Gasteiger partial charge in [0.2, 0.25) is 0 Å². The molecule has 0 unspecified atom stereocenters. The molecule has 0 aromatic heterocycles. The van der Waals surface area contributed by atoms with E-state index in [1.165, 1.54) is 0 Å². The Morgan fingerprint density at radius 3 is 1.41 bits per heavy atom. The van der Waals surface area contributed by atoms with E-state index in [1.54, 1.807) is 36.4 Å². The summed E-state index contributed by atoms with van der Waals surface area (Å²) in [4.78, 5) is 0. The van der Waals surface area contributed by atoms with Gasteiger partial charge in [0.15, 0.2) is 0 Å². The normalized spacial score (nSPS) is 11.0. The second kappa shape index (κ2) is 4.07. The quantitative estimate of drug-likeness (QED) is 0.378. The number of benzene rings is 4. The number of hydrogen-bond donors (Lipinski definition) is 2. The van der Waals surface area contributed by atoms with Gasteiger partial charge in [-0.25, -0.2) is 0 Å². The van der Waals surface area contributed by atoms with Crippen molar-refractivity contribution in [3.05, 3.63) is 47.5 Å². The second-order valence-corrected chi connectivity index (χ2v) is 5.25. The van der Waals surface area contributed by atoms with Crippen LogP contribution in [-0.2, 0) is 0 Å². The highest BCUT2D eigenvalue weighted by Crippen LogP contribution is 2.43. The molecular formula is C20H10O2. The molecule has 4 aromatic rings. The van der Waals surface area contributed by atoms with Crippen molar-refractivity contribution in [2.24, 2.45) is 0 Å². The average molecular weight is 282 g/mol. The number of rotatable bonds is 0. The van der Waals surface area contributed by atoms with Gasteiger partial charge in [0, 0.05) is 32.7 Å². The van der Waals surface area contributed by atoms with Crippen molar-refractivity contribution < 1.29 is 10.2 Å². The predicted molar refractivity (Wildman–Crippen MR) is 89.3 cm³/mol. The van der Waals surface area contributed by atoms with Gasteiger partial charge in [-0.2, -0.15) is 0 Å². The molecule has 0 heterocycles. The minimum Gasteiger partial charge on any atom is -0.507 e. The van der Waals surface area contributed by atoms with Gasteiger partial charge in [0.25, 0.3) is 0 Å². The lowest BCUT2D eigenvalue weighted by atomic mass is 9.88. The first-order valence-corrected chi connectivity index (χ1v) is 6.75. The number of hydrogen-bond acceptors (Lipinski definition) is 2. The van der Waals surface area contributed by atoms with Crippen LogP contribution in [0.4, 0.5) is 0 Å². The smallest absolute Gasteiger partial charge is 0.123 e. The Labute approximate surface area is 127 Å². The van der Waals surface area contributed by atoms with Gasteiger partial charge < -0.3 is 10.2 Å². The number of terminal acetylenes is 2. The predicted octanol–water partition coefficient (Wildman–Crippen LogP) is 3.96. The zero-order valence-electron chi connectivity index (χ0n) is 11.5. The van der Waals surface area contributed by atoms with Crippen molar-refractivity contribution >= 4 is 32.3 Å². The lowest BCUT2D eigenvalue weighted by molar-refractivity contribution is 0.481. The molecule has 0 fully saturated rings. The molecule has 0 aliphatic heterocycles. The minimum atomic E-state index is 0.143. The van der Waals surface area contributed by atoms with Crippen LogP contribution in [0, 0.1) is 24.7 Å². The highest BCUT2D eigenvalue weighted by atomic mass is 16.3. The van der Waals surface area contributed by atoms with Gasteiger partial charge >= 0.3 is 0 Å². The zero-order chi connectivity index (χ0) is 15.4. The lowest BCUT2D eigenvalue weighted by Crippen LogP contribution is -1.91. The minimum absolute atomic E-state index is 0.143. The summed E-state index contributed by atoms with van der Waals surface area (Å²) < 4.78 is 0. The Balaban J connectivity index is 2.50. The molecule has 22 heavy (non-hydrogen) atoms. The average Bonchev–Trinajstić information content (AvgIpc) is 2.55. The fourth-order valence-electron chi connectivity index (χ4n) is 3.18. The lowest BCUT2D eigenvalue weighted by Gasteiger charge is -2.15. The fourth-order valence-corrected chi connectivity index (χ4v) is 3.18. The van der Waals surface area contributed by atoms with Gasteiger partial charge in [-0.05, 0) is 47.2 Å². The molecule has 4 aromatic carbocycles. The van der Waals surface area contributed by atoms with Crippen LogP contribution in [0.25, 0.3) is 32.3 Å². The Morgan fingerprint density at radius 2 is 1.05 bits per heavy atom. The van der Waals surface area contributed by atoms with Crippen molar-refractivity contribution in [3.63, 3.8) is 0 Å². The van der Waals surface area contributed by atoms with E-state index >= 15 is 0 Å². The first-order chi connectivity index (χ1) is 10.7. The van der Waals surface area contributed by atoms with Crippen LogP contribution >= 0.6 is 0 Å². The second-order valence-electron chi connectivity index (χ2n) is 5.25. The Hall–Kier alpha value is -3.36. The molecule has 0 radical (unpaired) electrons. The summed E-state index contributed by atoms with van der Waals surface area (Å²) in [6.45, 7) is 0. The summed E-state index contributed by atoms with van der Waals surface area (Å²) in [6.07, 6.45) is 11.2. The molecule has 0 spiro atoms. The number of phenolic OH excluding ortho intramolecular Hbond substituents is 2. The van der Waals surface area contributed by atoms with Crippen LogP contribution in [0.1, 0.15) is 11.1 Å². The molecule has 0 atom stereocenters. The summed E-state index contributed by atoms with van der Waals surface area (Å²) in [7, 11) is 0. The topological polar surface area (TPSA) is 40.5 Å². The van der Waals surface area contributed by atoms with Crippen LogP contribution in [0.15, 0.2) is 36.4 Å². The monoisotopic (exact) mass is 282 g/mol. The van der Waals surface area contributed by atoms with Gasteiger partial charge in [0.05, 0.1) is 0 Å². The molecule has 0 saturated heterocycles. The Morgan fingerprint density at radius 1 is 0.636 bits per heavy atom. The molecule has 2 N–H and O–H groups in total. The highest BCUT2D eigenvalue weighted by Gasteiger charge is 2.17. The molecule has 0 saturated carbocycles. The van der Waals surface area contributed by atoms with E-state index in [9.17, 15) is 10.2 Å². The molecule has 0 amide bonds. The third kappa shape index (κ3) is 1.36. The molecule has 102 valence electrons. The van der Waals surface area contributed by atoms with Gasteiger partial charge in [-0.15, -0.1) is 12.8 Å². The summed E-state index contributed by atoms with van der Waals surface area (Å²) >= 11 is 0. The SMILES string of the molecule is C#Cc1cc2c(O)ccc3c(C#C)cc4c(O)ccc1c4c23. The maximum Gasteiger partial charge on any atom is 0.123 e. The van der Waals surface area contributed by atoms with E-state index in [0.717, 1.165) is 21.5 Å². The van der Waals surface area contributed by atoms with Crippen LogP contribution in [0.5, 0.6) is 11.5 Å². The summed E-state index contributed by atoms with van der Waals surface area (Å²) in [6, 6.07) is 10.4. The molecule has 0 bridgehead atoms.